The van der Waals surface area contributed by atoms with Gasteiger partial charge in [-0.3, -0.25) is 4.55 Å². The highest BCUT2D eigenvalue weighted by atomic mass is 32.2. The topological polar surface area (TPSA) is 57.6 Å². The molecule has 25 heavy (non-hydrogen) atoms. The van der Waals surface area contributed by atoms with Gasteiger partial charge >= 0.3 is 0 Å². The maximum atomic E-state index is 9.19. The lowest BCUT2D eigenvalue weighted by Crippen LogP contribution is -2.40. The maximum absolute atomic E-state index is 9.19. The quantitative estimate of drug-likeness (QED) is 0.351. The SMILES string of the molecule is CCCCCCCCCCN1CCCCC1CCCC.CS(=O)(=O)O. The molecule has 0 aromatic heterocycles. The van der Waals surface area contributed by atoms with Crippen molar-refractivity contribution in [1.29, 1.82) is 0 Å². The highest BCUT2D eigenvalue weighted by molar-refractivity contribution is 7.85. The van der Waals surface area contributed by atoms with Gasteiger partial charge in [0.25, 0.3) is 10.1 Å². The van der Waals surface area contributed by atoms with E-state index in [0.717, 1.165) is 6.04 Å². The molecule has 5 heteroatoms. The summed E-state index contributed by atoms with van der Waals surface area (Å²) in [7, 11) is -3.67. The first-order chi connectivity index (χ1) is 11.9. The number of unbranched alkanes of at least 4 members (excludes halogenated alkanes) is 8. The molecule has 1 rings (SSSR count). The highest BCUT2D eigenvalue weighted by Crippen LogP contribution is 2.22. The number of nitrogens with zero attached hydrogens (tertiary/aromatic N) is 1. The molecule has 0 aromatic carbocycles. The molecule has 0 amide bonds. The van der Waals surface area contributed by atoms with Crippen molar-refractivity contribution in [2.45, 2.75) is 110 Å². The molecule has 1 heterocycles. The fraction of sp³-hybridized carbons (Fsp3) is 1.00. The molecule has 1 N–H and O–H groups in total. The molecule has 1 saturated heterocycles. The van der Waals surface area contributed by atoms with E-state index in [4.69, 9.17) is 4.55 Å². The van der Waals surface area contributed by atoms with Crippen LogP contribution in [0.4, 0.5) is 0 Å². The summed E-state index contributed by atoms with van der Waals surface area (Å²) in [5.41, 5.74) is 0. The van der Waals surface area contributed by atoms with Gasteiger partial charge in [-0.05, 0) is 38.8 Å². The summed E-state index contributed by atoms with van der Waals surface area (Å²) in [6.07, 6.45) is 20.9. The minimum absolute atomic E-state index is 0.715. The Balaban J connectivity index is 0.00000101. The Morgan fingerprint density at radius 1 is 0.880 bits per heavy atom. The molecule has 4 nitrogen and oxygen atoms in total. The molecule has 0 bridgehead atoms. The first-order valence-corrected chi connectivity index (χ1v) is 12.4. The Morgan fingerprint density at radius 3 is 1.96 bits per heavy atom. The van der Waals surface area contributed by atoms with Crippen molar-refractivity contribution in [2.24, 2.45) is 0 Å². The van der Waals surface area contributed by atoms with Gasteiger partial charge in [0.1, 0.15) is 0 Å². The van der Waals surface area contributed by atoms with Crippen molar-refractivity contribution in [3.63, 3.8) is 0 Å². The summed E-state index contributed by atoms with van der Waals surface area (Å²) in [5.74, 6) is 0. The van der Waals surface area contributed by atoms with E-state index in [1.807, 2.05) is 0 Å². The molecule has 0 aliphatic carbocycles. The van der Waals surface area contributed by atoms with Gasteiger partial charge in [-0.1, -0.05) is 78.1 Å². The van der Waals surface area contributed by atoms with Gasteiger partial charge in [0.05, 0.1) is 6.26 Å². The Hall–Kier alpha value is -0.130. The number of hydrogen-bond acceptors (Lipinski definition) is 3. The van der Waals surface area contributed by atoms with Crippen molar-refractivity contribution >= 4 is 10.1 Å². The van der Waals surface area contributed by atoms with Crippen LogP contribution in [-0.4, -0.2) is 43.3 Å². The van der Waals surface area contributed by atoms with Crippen molar-refractivity contribution in [3.05, 3.63) is 0 Å². The molecule has 0 saturated carbocycles. The molecular weight excluding hydrogens is 334 g/mol. The van der Waals surface area contributed by atoms with E-state index in [1.54, 1.807) is 0 Å². The van der Waals surface area contributed by atoms with Crippen LogP contribution in [0, 0.1) is 0 Å². The van der Waals surface area contributed by atoms with E-state index < -0.39 is 10.1 Å². The second-order valence-corrected chi connectivity index (χ2v) is 9.00. The van der Waals surface area contributed by atoms with E-state index in [1.165, 1.54) is 103 Å². The summed E-state index contributed by atoms with van der Waals surface area (Å²) in [6.45, 7) is 7.38. The fourth-order valence-corrected chi connectivity index (χ4v) is 3.57. The number of piperidine rings is 1. The summed E-state index contributed by atoms with van der Waals surface area (Å²) >= 11 is 0. The van der Waals surface area contributed by atoms with Crippen molar-refractivity contribution in [2.75, 3.05) is 19.3 Å². The van der Waals surface area contributed by atoms with Crippen LogP contribution >= 0.6 is 0 Å². The fourth-order valence-electron chi connectivity index (χ4n) is 3.57. The molecule has 0 aromatic rings. The normalized spacial score (nSPS) is 18.6. The third kappa shape index (κ3) is 18.5. The molecule has 1 unspecified atom stereocenters. The van der Waals surface area contributed by atoms with Crippen LogP contribution in [0.15, 0.2) is 0 Å². The monoisotopic (exact) mass is 377 g/mol. The van der Waals surface area contributed by atoms with Crippen molar-refractivity contribution in [3.8, 4) is 0 Å². The second kappa shape index (κ2) is 16.1. The first-order valence-electron chi connectivity index (χ1n) is 10.5. The second-order valence-electron chi connectivity index (χ2n) is 7.54. The third-order valence-corrected chi connectivity index (χ3v) is 4.94. The zero-order valence-corrected chi connectivity index (χ0v) is 17.8. The molecule has 0 radical (unpaired) electrons. The van der Waals surface area contributed by atoms with Crippen LogP contribution < -0.4 is 0 Å². The molecule has 1 aliphatic rings. The van der Waals surface area contributed by atoms with E-state index in [-0.39, 0.29) is 0 Å². The van der Waals surface area contributed by atoms with Crippen LogP contribution in [0.5, 0.6) is 0 Å². The smallest absolute Gasteiger partial charge is 0.261 e. The highest BCUT2D eigenvalue weighted by Gasteiger charge is 2.20. The lowest BCUT2D eigenvalue weighted by molar-refractivity contribution is 0.135. The lowest BCUT2D eigenvalue weighted by Gasteiger charge is -2.36. The van der Waals surface area contributed by atoms with Gasteiger partial charge < -0.3 is 4.90 Å². The lowest BCUT2D eigenvalue weighted by atomic mass is 9.97. The Bertz CT molecular complexity index is 376. The zero-order chi connectivity index (χ0) is 19.0. The third-order valence-electron chi connectivity index (χ3n) is 4.94. The van der Waals surface area contributed by atoms with Crippen LogP contribution in [0.25, 0.3) is 0 Å². The van der Waals surface area contributed by atoms with Gasteiger partial charge in [0.15, 0.2) is 0 Å². The van der Waals surface area contributed by atoms with Gasteiger partial charge in [0.2, 0.25) is 0 Å². The minimum Gasteiger partial charge on any atom is -0.300 e. The van der Waals surface area contributed by atoms with E-state index in [0.29, 0.717) is 6.26 Å². The van der Waals surface area contributed by atoms with Crippen LogP contribution in [0.3, 0.4) is 0 Å². The van der Waals surface area contributed by atoms with Crippen LogP contribution in [0.2, 0.25) is 0 Å². The number of rotatable bonds is 12. The molecule has 1 fully saturated rings. The number of likely N-dealkylation sites (tertiary alicyclic amines) is 1. The standard InChI is InChI=1S/C19H39N.CH4O3S/c1-3-5-7-8-9-10-11-13-17-20-18-14-12-16-19(20)15-6-4-2;1-5(2,3)4/h19H,3-18H2,1-2H3;1H3,(H,2,3,4). The van der Waals surface area contributed by atoms with E-state index in [9.17, 15) is 8.42 Å². The zero-order valence-electron chi connectivity index (χ0n) is 17.0. The van der Waals surface area contributed by atoms with Crippen LogP contribution in [0.1, 0.15) is 104 Å². The van der Waals surface area contributed by atoms with Gasteiger partial charge in [-0.25, -0.2) is 0 Å². The molecule has 1 aliphatic heterocycles. The van der Waals surface area contributed by atoms with E-state index in [2.05, 4.69) is 18.7 Å². The predicted molar refractivity (Wildman–Crippen MR) is 109 cm³/mol. The molecular formula is C20H43NO3S. The van der Waals surface area contributed by atoms with Crippen LogP contribution in [-0.2, 0) is 10.1 Å². The summed E-state index contributed by atoms with van der Waals surface area (Å²) in [5, 5.41) is 0. The molecule has 0 spiro atoms. The largest absolute Gasteiger partial charge is 0.300 e. The predicted octanol–water partition coefficient (Wildman–Crippen LogP) is 5.68. The Kier molecular flexibility index (Phi) is 16.0. The average Bonchev–Trinajstić information content (AvgIpc) is 2.55. The summed E-state index contributed by atoms with van der Waals surface area (Å²) in [6, 6.07) is 0.924. The van der Waals surface area contributed by atoms with Gasteiger partial charge in [-0.15, -0.1) is 0 Å². The minimum atomic E-state index is -3.67. The average molecular weight is 378 g/mol. The maximum Gasteiger partial charge on any atom is 0.261 e. The first kappa shape index (κ1) is 24.9. The summed E-state index contributed by atoms with van der Waals surface area (Å²) in [4.78, 5) is 2.82. The Labute approximate surface area is 157 Å². The Morgan fingerprint density at radius 2 is 1.40 bits per heavy atom. The molecule has 152 valence electrons. The van der Waals surface area contributed by atoms with Gasteiger partial charge in [-0.2, -0.15) is 8.42 Å². The van der Waals surface area contributed by atoms with Crippen molar-refractivity contribution < 1.29 is 13.0 Å². The summed E-state index contributed by atoms with van der Waals surface area (Å²) < 4.78 is 25.9. The van der Waals surface area contributed by atoms with Crippen molar-refractivity contribution in [1.82, 2.24) is 4.90 Å². The number of hydrogen-bond donors (Lipinski definition) is 1. The van der Waals surface area contributed by atoms with E-state index >= 15 is 0 Å². The molecule has 1 atom stereocenters. The van der Waals surface area contributed by atoms with Gasteiger partial charge in [0, 0.05) is 6.04 Å².